The Morgan fingerprint density at radius 3 is 2.28 bits per heavy atom. The van der Waals surface area contributed by atoms with Crippen LogP contribution in [0, 0.1) is 16.2 Å². The van der Waals surface area contributed by atoms with Crippen molar-refractivity contribution in [3.63, 3.8) is 0 Å². The zero-order chi connectivity index (χ0) is 12.4. The fourth-order valence-electron chi connectivity index (χ4n) is 6.53. The van der Waals surface area contributed by atoms with Crippen molar-refractivity contribution in [3.8, 4) is 0 Å². The van der Waals surface area contributed by atoms with E-state index in [4.69, 9.17) is 0 Å². The molecule has 0 amide bonds. The van der Waals surface area contributed by atoms with Gasteiger partial charge in [0.25, 0.3) is 0 Å². The van der Waals surface area contributed by atoms with Crippen LogP contribution in [-0.2, 0) is 4.79 Å². The van der Waals surface area contributed by atoms with Gasteiger partial charge in [0.2, 0.25) is 0 Å². The van der Waals surface area contributed by atoms with E-state index < -0.39 is 0 Å². The van der Waals surface area contributed by atoms with Gasteiger partial charge in [-0.2, -0.15) is 0 Å². The Kier molecular flexibility index (Phi) is 2.40. The molecule has 2 heteroatoms. The lowest BCUT2D eigenvalue weighted by molar-refractivity contribution is -0.144. The summed E-state index contributed by atoms with van der Waals surface area (Å²) in [6, 6.07) is 0. The molecule has 4 aliphatic rings. The number of rotatable bonds is 0. The fraction of sp³-hybridized carbons (Fsp3) is 0.938. The number of halogens is 1. The number of alkyl halides is 1. The Bertz CT molecular complexity index is 392. The highest BCUT2D eigenvalue weighted by atomic mass is 79.9. The zero-order valence-corrected chi connectivity index (χ0v) is 12.7. The highest BCUT2D eigenvalue weighted by molar-refractivity contribution is 9.09. The number of hydrogen-bond acceptors (Lipinski definition) is 1. The van der Waals surface area contributed by atoms with E-state index in [9.17, 15) is 4.79 Å². The van der Waals surface area contributed by atoms with Gasteiger partial charge in [0, 0.05) is 16.7 Å². The van der Waals surface area contributed by atoms with E-state index in [0.29, 0.717) is 21.4 Å². The maximum atomic E-state index is 12.7. The van der Waals surface area contributed by atoms with Gasteiger partial charge in [0.1, 0.15) is 5.78 Å². The average molecular weight is 311 g/mol. The summed E-state index contributed by atoms with van der Waals surface area (Å²) >= 11 is 3.88. The van der Waals surface area contributed by atoms with Gasteiger partial charge in [0.15, 0.2) is 0 Å². The minimum atomic E-state index is 0.0633. The van der Waals surface area contributed by atoms with Gasteiger partial charge in [-0.3, -0.25) is 4.79 Å². The van der Waals surface area contributed by atoms with Crippen LogP contribution in [0.3, 0.4) is 0 Å². The highest BCUT2D eigenvalue weighted by Gasteiger charge is 2.73. The van der Waals surface area contributed by atoms with Gasteiger partial charge in [-0.05, 0) is 55.8 Å². The summed E-state index contributed by atoms with van der Waals surface area (Å²) in [6.45, 7) is 0. The minimum absolute atomic E-state index is 0.0633. The van der Waals surface area contributed by atoms with Crippen LogP contribution in [0.15, 0.2) is 0 Å². The molecule has 4 aliphatic carbocycles. The first kappa shape index (κ1) is 11.9. The number of carbonyl (C=O) groups is 1. The van der Waals surface area contributed by atoms with Crippen LogP contribution in [0.5, 0.6) is 0 Å². The molecule has 0 radical (unpaired) electrons. The zero-order valence-electron chi connectivity index (χ0n) is 11.1. The van der Waals surface area contributed by atoms with E-state index in [2.05, 4.69) is 15.9 Å². The third-order valence-electron chi connectivity index (χ3n) is 7.29. The number of Topliss-reactive ketones (excluding diaryl/α,β-unsaturated/α-hetero) is 1. The molecule has 0 aromatic heterocycles. The van der Waals surface area contributed by atoms with Crippen molar-refractivity contribution in [1.29, 1.82) is 0 Å². The van der Waals surface area contributed by atoms with Crippen LogP contribution in [0.25, 0.3) is 0 Å². The average Bonchev–Trinajstić information content (AvgIpc) is 3.03. The van der Waals surface area contributed by atoms with Crippen LogP contribution >= 0.6 is 15.9 Å². The van der Waals surface area contributed by atoms with E-state index in [0.717, 1.165) is 6.42 Å². The van der Waals surface area contributed by atoms with E-state index in [1.165, 1.54) is 64.2 Å². The second kappa shape index (κ2) is 3.62. The van der Waals surface area contributed by atoms with Crippen LogP contribution in [0.4, 0.5) is 0 Å². The first-order valence-corrected chi connectivity index (χ1v) is 8.76. The summed E-state index contributed by atoms with van der Waals surface area (Å²) in [5.41, 5.74) is 1.03. The van der Waals surface area contributed by atoms with Gasteiger partial charge in [-0.15, -0.1) is 0 Å². The Labute approximate surface area is 118 Å². The van der Waals surface area contributed by atoms with Gasteiger partial charge < -0.3 is 0 Å². The molecular formula is C16H23BrO. The molecule has 0 unspecified atom stereocenters. The normalized spacial score (nSPS) is 49.6. The molecule has 0 saturated heterocycles. The van der Waals surface area contributed by atoms with E-state index in [-0.39, 0.29) is 5.41 Å². The Balaban J connectivity index is 1.84. The lowest BCUT2D eigenvalue weighted by atomic mass is 9.46. The number of ketones is 1. The van der Waals surface area contributed by atoms with E-state index >= 15 is 0 Å². The van der Waals surface area contributed by atoms with Crippen LogP contribution in [0.1, 0.15) is 70.6 Å². The first-order chi connectivity index (χ1) is 8.67. The second-order valence-corrected chi connectivity index (χ2v) is 8.43. The number of carbonyl (C=O) groups excluding carboxylic acids is 1. The topological polar surface area (TPSA) is 17.1 Å². The second-order valence-electron chi connectivity index (χ2n) is 7.32. The molecule has 0 heterocycles. The van der Waals surface area contributed by atoms with Crippen LogP contribution < -0.4 is 0 Å². The van der Waals surface area contributed by atoms with E-state index in [1.807, 2.05) is 0 Å². The predicted octanol–water partition coefficient (Wildman–Crippen LogP) is 4.62. The molecule has 0 aromatic carbocycles. The lowest BCUT2D eigenvalue weighted by Crippen LogP contribution is -2.59. The smallest absolute Gasteiger partial charge is 0.140 e. The van der Waals surface area contributed by atoms with Crippen molar-refractivity contribution in [3.05, 3.63) is 0 Å². The molecule has 4 rings (SSSR count). The third kappa shape index (κ3) is 1.06. The van der Waals surface area contributed by atoms with Gasteiger partial charge in [-0.1, -0.05) is 35.2 Å². The van der Waals surface area contributed by atoms with Crippen LogP contribution in [0.2, 0.25) is 0 Å². The number of fused-ring (bicyclic) bond motifs is 2. The van der Waals surface area contributed by atoms with Crippen LogP contribution in [-0.4, -0.2) is 10.6 Å². The standard InChI is InChI=1S/C16H23BrO/c17-12-4-11-16(12)13(18)5-10-15(16)9-3-8-14(15)6-1-2-7-14/h12H,1-11H2/t12-,15+,16-/m1/s1. The van der Waals surface area contributed by atoms with Crippen molar-refractivity contribution in [1.82, 2.24) is 0 Å². The summed E-state index contributed by atoms with van der Waals surface area (Å²) in [7, 11) is 0. The van der Waals surface area contributed by atoms with E-state index in [1.54, 1.807) is 0 Å². The molecule has 100 valence electrons. The van der Waals surface area contributed by atoms with Crippen molar-refractivity contribution < 1.29 is 4.79 Å². The molecule has 0 N–H and O–H groups in total. The maximum Gasteiger partial charge on any atom is 0.140 e. The van der Waals surface area contributed by atoms with Gasteiger partial charge in [0.05, 0.1) is 0 Å². The van der Waals surface area contributed by atoms with Crippen molar-refractivity contribution in [2.45, 2.75) is 75.5 Å². The molecule has 4 saturated carbocycles. The summed E-state index contributed by atoms with van der Waals surface area (Å²) in [5.74, 6) is 0.615. The van der Waals surface area contributed by atoms with Crippen molar-refractivity contribution in [2.24, 2.45) is 16.2 Å². The molecule has 3 atom stereocenters. The molecule has 4 fully saturated rings. The lowest BCUT2D eigenvalue weighted by Gasteiger charge is -2.59. The Hall–Kier alpha value is 0.150. The monoisotopic (exact) mass is 310 g/mol. The summed E-state index contributed by atoms with van der Waals surface area (Å²) < 4.78 is 0. The fourth-order valence-corrected chi connectivity index (χ4v) is 7.69. The minimum Gasteiger partial charge on any atom is -0.299 e. The number of hydrogen-bond donors (Lipinski definition) is 0. The molecule has 0 bridgehead atoms. The quantitative estimate of drug-likeness (QED) is 0.596. The molecular weight excluding hydrogens is 288 g/mol. The van der Waals surface area contributed by atoms with Crippen molar-refractivity contribution in [2.75, 3.05) is 0 Å². The molecule has 18 heavy (non-hydrogen) atoms. The maximum absolute atomic E-state index is 12.7. The van der Waals surface area contributed by atoms with Gasteiger partial charge in [-0.25, -0.2) is 0 Å². The summed E-state index contributed by atoms with van der Waals surface area (Å²) in [4.78, 5) is 13.2. The molecule has 3 spiro atoms. The first-order valence-electron chi connectivity index (χ1n) is 7.84. The summed E-state index contributed by atoms with van der Waals surface area (Å²) in [6.07, 6.45) is 14.3. The summed E-state index contributed by atoms with van der Waals surface area (Å²) in [5, 5.41) is 0. The van der Waals surface area contributed by atoms with Crippen molar-refractivity contribution >= 4 is 21.7 Å². The highest BCUT2D eigenvalue weighted by Crippen LogP contribution is 2.77. The Morgan fingerprint density at radius 2 is 1.67 bits per heavy atom. The molecule has 0 aliphatic heterocycles. The largest absolute Gasteiger partial charge is 0.299 e. The molecule has 0 aromatic rings. The SMILES string of the molecule is O=C1CC[C@]2(CCCC23CCCC3)[C@@]12CC[C@H]2Br. The Morgan fingerprint density at radius 1 is 0.944 bits per heavy atom. The third-order valence-corrected chi connectivity index (χ3v) is 8.53. The molecule has 1 nitrogen and oxygen atoms in total. The van der Waals surface area contributed by atoms with Gasteiger partial charge >= 0.3 is 0 Å². The predicted molar refractivity (Wildman–Crippen MR) is 75.8 cm³/mol.